The van der Waals surface area contributed by atoms with Crippen molar-refractivity contribution in [3.63, 3.8) is 0 Å². The molecule has 0 radical (unpaired) electrons. The summed E-state index contributed by atoms with van der Waals surface area (Å²) in [4.78, 5) is 0. The maximum atomic E-state index is 8.65. The van der Waals surface area contributed by atoms with E-state index in [2.05, 4.69) is 25.7 Å². The zero-order valence-corrected chi connectivity index (χ0v) is 10.6. The maximum absolute atomic E-state index is 8.65. The SMILES string of the molecule is CCCC(C)Oc1cccc(C#CCCO)c1. The van der Waals surface area contributed by atoms with Crippen LogP contribution in [0.1, 0.15) is 38.7 Å². The van der Waals surface area contributed by atoms with Crippen molar-refractivity contribution >= 4 is 0 Å². The van der Waals surface area contributed by atoms with E-state index in [4.69, 9.17) is 9.84 Å². The van der Waals surface area contributed by atoms with Crippen LogP contribution in [0.5, 0.6) is 5.75 Å². The largest absolute Gasteiger partial charge is 0.491 e. The van der Waals surface area contributed by atoms with Crippen LogP contribution >= 0.6 is 0 Å². The van der Waals surface area contributed by atoms with Crippen LogP contribution < -0.4 is 4.74 Å². The average Bonchev–Trinajstić information content (AvgIpc) is 2.30. The molecule has 0 saturated heterocycles. The topological polar surface area (TPSA) is 29.5 Å². The van der Waals surface area contributed by atoms with Crippen LogP contribution in [0, 0.1) is 11.8 Å². The molecule has 0 amide bonds. The molecule has 0 spiro atoms. The summed E-state index contributed by atoms with van der Waals surface area (Å²) in [6.07, 6.45) is 2.93. The van der Waals surface area contributed by atoms with E-state index < -0.39 is 0 Å². The standard InChI is InChI=1S/C15H20O2/c1-3-7-13(2)17-15-10-6-9-14(12-15)8-4-5-11-16/h6,9-10,12-13,16H,3,5,7,11H2,1-2H3. The second kappa shape index (κ2) is 7.76. The predicted octanol–water partition coefficient (Wildman–Crippen LogP) is 2.99. The lowest BCUT2D eigenvalue weighted by molar-refractivity contribution is 0.210. The van der Waals surface area contributed by atoms with Crippen molar-refractivity contribution in [1.82, 2.24) is 0 Å². The first kappa shape index (κ1) is 13.6. The lowest BCUT2D eigenvalue weighted by Gasteiger charge is -2.13. The molecule has 92 valence electrons. The fourth-order valence-electron chi connectivity index (χ4n) is 1.57. The van der Waals surface area contributed by atoms with Crippen LogP contribution in [-0.4, -0.2) is 17.8 Å². The van der Waals surface area contributed by atoms with Gasteiger partial charge in [0.1, 0.15) is 5.75 Å². The van der Waals surface area contributed by atoms with E-state index in [9.17, 15) is 0 Å². The van der Waals surface area contributed by atoms with Crippen LogP contribution in [0.15, 0.2) is 24.3 Å². The molecule has 1 atom stereocenters. The maximum Gasteiger partial charge on any atom is 0.120 e. The molecular weight excluding hydrogens is 212 g/mol. The van der Waals surface area contributed by atoms with E-state index in [-0.39, 0.29) is 12.7 Å². The van der Waals surface area contributed by atoms with Gasteiger partial charge in [-0.3, -0.25) is 0 Å². The lowest BCUT2D eigenvalue weighted by atomic mass is 10.2. The third kappa shape index (κ3) is 5.42. The second-order valence-corrected chi connectivity index (χ2v) is 4.02. The Hall–Kier alpha value is -1.46. The molecule has 0 aliphatic carbocycles. The number of hydrogen-bond donors (Lipinski definition) is 1. The number of benzene rings is 1. The second-order valence-electron chi connectivity index (χ2n) is 4.02. The summed E-state index contributed by atoms with van der Waals surface area (Å²) in [7, 11) is 0. The van der Waals surface area contributed by atoms with Crippen LogP contribution in [0.4, 0.5) is 0 Å². The highest BCUT2D eigenvalue weighted by Gasteiger charge is 2.02. The van der Waals surface area contributed by atoms with Gasteiger partial charge >= 0.3 is 0 Å². The van der Waals surface area contributed by atoms with Gasteiger partial charge in [0.05, 0.1) is 12.7 Å². The number of aliphatic hydroxyl groups excluding tert-OH is 1. The summed E-state index contributed by atoms with van der Waals surface area (Å²) in [6.45, 7) is 4.33. The van der Waals surface area contributed by atoms with Crippen molar-refractivity contribution in [2.24, 2.45) is 0 Å². The van der Waals surface area contributed by atoms with Gasteiger partial charge in [-0.1, -0.05) is 31.3 Å². The molecule has 0 saturated carbocycles. The Morgan fingerprint density at radius 1 is 1.41 bits per heavy atom. The van der Waals surface area contributed by atoms with Gasteiger partial charge in [-0.15, -0.1) is 0 Å². The highest BCUT2D eigenvalue weighted by Crippen LogP contribution is 2.15. The van der Waals surface area contributed by atoms with Crippen molar-refractivity contribution in [2.75, 3.05) is 6.61 Å². The normalized spacial score (nSPS) is 11.5. The fourth-order valence-corrected chi connectivity index (χ4v) is 1.57. The Balaban J connectivity index is 2.63. The number of aliphatic hydroxyl groups is 1. The van der Waals surface area contributed by atoms with Gasteiger partial charge in [-0.25, -0.2) is 0 Å². The molecule has 0 bridgehead atoms. The Labute approximate surface area is 104 Å². The Morgan fingerprint density at radius 3 is 2.94 bits per heavy atom. The number of rotatable bonds is 5. The first-order valence-corrected chi connectivity index (χ1v) is 6.12. The molecule has 0 aliphatic heterocycles. The molecule has 1 aromatic rings. The van der Waals surface area contributed by atoms with E-state index in [0.717, 1.165) is 24.2 Å². The summed E-state index contributed by atoms with van der Waals surface area (Å²) in [5.41, 5.74) is 0.930. The number of hydrogen-bond acceptors (Lipinski definition) is 2. The molecule has 1 N–H and O–H groups in total. The Kier molecular flexibility index (Phi) is 6.21. The van der Waals surface area contributed by atoms with E-state index in [1.165, 1.54) is 0 Å². The zero-order chi connectivity index (χ0) is 12.5. The van der Waals surface area contributed by atoms with Crippen LogP contribution in [0.25, 0.3) is 0 Å². The first-order valence-electron chi connectivity index (χ1n) is 6.12. The van der Waals surface area contributed by atoms with Gasteiger partial charge in [-0.2, -0.15) is 0 Å². The molecule has 2 nitrogen and oxygen atoms in total. The Bertz CT molecular complexity index is 387. The molecule has 1 unspecified atom stereocenters. The van der Waals surface area contributed by atoms with Gasteiger partial charge in [0.15, 0.2) is 0 Å². The van der Waals surface area contributed by atoms with Gasteiger partial charge < -0.3 is 9.84 Å². The summed E-state index contributed by atoms with van der Waals surface area (Å²) in [6, 6.07) is 7.78. The van der Waals surface area contributed by atoms with Gasteiger partial charge in [0.25, 0.3) is 0 Å². The van der Waals surface area contributed by atoms with Crippen LogP contribution in [0.2, 0.25) is 0 Å². The van der Waals surface area contributed by atoms with E-state index in [1.807, 2.05) is 24.3 Å². The smallest absolute Gasteiger partial charge is 0.120 e. The fraction of sp³-hybridized carbons (Fsp3) is 0.467. The summed E-state index contributed by atoms with van der Waals surface area (Å²) in [5, 5.41) is 8.65. The highest BCUT2D eigenvalue weighted by atomic mass is 16.5. The average molecular weight is 232 g/mol. The van der Waals surface area contributed by atoms with Crippen LogP contribution in [0.3, 0.4) is 0 Å². The minimum atomic E-state index is 0.108. The van der Waals surface area contributed by atoms with Crippen molar-refractivity contribution in [1.29, 1.82) is 0 Å². The molecule has 0 heterocycles. The van der Waals surface area contributed by atoms with Gasteiger partial charge in [0, 0.05) is 12.0 Å². The van der Waals surface area contributed by atoms with Gasteiger partial charge in [-0.05, 0) is 31.5 Å². The molecule has 2 heteroatoms. The molecule has 0 aliphatic rings. The van der Waals surface area contributed by atoms with E-state index >= 15 is 0 Å². The van der Waals surface area contributed by atoms with Crippen LogP contribution in [-0.2, 0) is 0 Å². The monoisotopic (exact) mass is 232 g/mol. The zero-order valence-electron chi connectivity index (χ0n) is 10.6. The first-order chi connectivity index (χ1) is 8.26. The summed E-state index contributed by atoms with van der Waals surface area (Å²) < 4.78 is 5.78. The molecule has 0 aromatic heterocycles. The summed E-state index contributed by atoms with van der Waals surface area (Å²) >= 11 is 0. The third-order valence-electron chi connectivity index (χ3n) is 2.34. The number of ether oxygens (including phenoxy) is 1. The van der Waals surface area contributed by atoms with Crippen molar-refractivity contribution < 1.29 is 9.84 Å². The van der Waals surface area contributed by atoms with Crippen molar-refractivity contribution in [2.45, 2.75) is 39.2 Å². The third-order valence-corrected chi connectivity index (χ3v) is 2.34. The van der Waals surface area contributed by atoms with Crippen molar-refractivity contribution in [3.8, 4) is 17.6 Å². The quantitative estimate of drug-likeness (QED) is 0.791. The highest BCUT2D eigenvalue weighted by molar-refractivity contribution is 5.39. The molecule has 17 heavy (non-hydrogen) atoms. The minimum absolute atomic E-state index is 0.108. The summed E-state index contributed by atoms with van der Waals surface area (Å²) in [5.74, 6) is 6.77. The minimum Gasteiger partial charge on any atom is -0.491 e. The molecule has 0 fully saturated rings. The molecule has 1 aromatic carbocycles. The van der Waals surface area contributed by atoms with Gasteiger partial charge in [0.2, 0.25) is 0 Å². The van der Waals surface area contributed by atoms with Crippen molar-refractivity contribution in [3.05, 3.63) is 29.8 Å². The predicted molar refractivity (Wildman–Crippen MR) is 70.0 cm³/mol. The molecule has 1 rings (SSSR count). The van der Waals surface area contributed by atoms with E-state index in [0.29, 0.717) is 6.42 Å². The lowest BCUT2D eigenvalue weighted by Crippen LogP contribution is -2.10. The van der Waals surface area contributed by atoms with E-state index in [1.54, 1.807) is 0 Å². The Morgan fingerprint density at radius 2 is 2.24 bits per heavy atom. The molecular formula is C15H20O2.